The summed E-state index contributed by atoms with van der Waals surface area (Å²) >= 11 is 0. The highest BCUT2D eigenvalue weighted by Gasteiger charge is 2.30. The molecule has 5 heteroatoms. The molecule has 0 saturated carbocycles. The highest BCUT2D eigenvalue weighted by molar-refractivity contribution is 7.91. The molecule has 1 fully saturated rings. The zero-order valence-electron chi connectivity index (χ0n) is 11.2. The molecular weight excluding hydrogens is 260 g/mol. The normalized spacial score (nSPS) is 24.4. The molecule has 2 aliphatic heterocycles. The Balaban J connectivity index is 1.68. The van der Waals surface area contributed by atoms with Gasteiger partial charge in [-0.2, -0.15) is 0 Å². The minimum atomic E-state index is -2.80. The highest BCUT2D eigenvalue weighted by Crippen LogP contribution is 2.25. The molecule has 0 amide bonds. The second kappa shape index (κ2) is 4.80. The topological polar surface area (TPSA) is 49.4 Å². The third-order valence-electron chi connectivity index (χ3n) is 4.15. The fraction of sp³-hybridized carbons (Fsp3) is 0.571. The zero-order chi connectivity index (χ0) is 13.5. The summed E-state index contributed by atoms with van der Waals surface area (Å²) in [6.45, 7) is 1.84. The maximum Gasteiger partial charge on any atom is 0.151 e. The number of rotatable bonds is 3. The van der Waals surface area contributed by atoms with Crippen LogP contribution in [-0.2, 0) is 22.8 Å². The van der Waals surface area contributed by atoms with Crippen LogP contribution in [0.2, 0.25) is 0 Å². The van der Waals surface area contributed by atoms with Crippen molar-refractivity contribution in [2.45, 2.75) is 25.4 Å². The lowest BCUT2D eigenvalue weighted by Gasteiger charge is -2.23. The van der Waals surface area contributed by atoms with E-state index >= 15 is 0 Å². The summed E-state index contributed by atoms with van der Waals surface area (Å²) in [5.74, 6) is 0.653. The van der Waals surface area contributed by atoms with E-state index in [-0.39, 0.29) is 6.04 Å². The van der Waals surface area contributed by atoms with E-state index in [1.165, 1.54) is 16.8 Å². The molecule has 2 aliphatic rings. The number of fused-ring (bicyclic) bond motifs is 1. The van der Waals surface area contributed by atoms with Crippen LogP contribution in [0.3, 0.4) is 0 Å². The van der Waals surface area contributed by atoms with Crippen LogP contribution in [0.1, 0.15) is 17.5 Å². The number of anilines is 1. The van der Waals surface area contributed by atoms with Crippen LogP contribution in [0.4, 0.5) is 5.69 Å². The summed E-state index contributed by atoms with van der Waals surface area (Å²) in [4.78, 5) is 2.17. The Kier molecular flexibility index (Phi) is 3.27. The van der Waals surface area contributed by atoms with Gasteiger partial charge in [-0.05, 0) is 37.1 Å². The summed E-state index contributed by atoms with van der Waals surface area (Å²) < 4.78 is 23.0. The molecule has 3 rings (SSSR count). The average molecular weight is 280 g/mol. The zero-order valence-corrected chi connectivity index (χ0v) is 12.0. The number of nitrogens with one attached hydrogen (secondary N) is 1. The van der Waals surface area contributed by atoms with Crippen molar-refractivity contribution in [2.75, 3.05) is 30.4 Å². The fourth-order valence-corrected chi connectivity index (χ4v) is 4.78. The molecule has 104 valence electrons. The van der Waals surface area contributed by atoms with Crippen molar-refractivity contribution < 1.29 is 8.42 Å². The molecular formula is C14H20N2O2S. The van der Waals surface area contributed by atoms with Crippen molar-refractivity contribution in [2.24, 2.45) is 0 Å². The third kappa shape index (κ3) is 2.77. The van der Waals surface area contributed by atoms with Gasteiger partial charge < -0.3 is 5.32 Å². The molecule has 1 saturated heterocycles. The van der Waals surface area contributed by atoms with E-state index in [0.717, 1.165) is 25.9 Å². The van der Waals surface area contributed by atoms with Crippen LogP contribution >= 0.6 is 0 Å². The van der Waals surface area contributed by atoms with Gasteiger partial charge in [0.05, 0.1) is 11.5 Å². The fourth-order valence-electron chi connectivity index (χ4n) is 2.98. The maximum atomic E-state index is 11.5. The lowest BCUT2D eigenvalue weighted by Crippen LogP contribution is -2.32. The number of benzene rings is 1. The van der Waals surface area contributed by atoms with Crippen molar-refractivity contribution in [3.05, 3.63) is 29.3 Å². The standard InChI is InChI=1S/C14H20N2O2S/c1-16(13-5-7-19(17,18)10-13)9-11-2-3-12-4-6-15-14(12)8-11/h2-3,8,13,15H,4-7,9-10H2,1H3. The van der Waals surface area contributed by atoms with Crippen LogP contribution in [-0.4, -0.2) is 44.5 Å². The van der Waals surface area contributed by atoms with Gasteiger partial charge in [-0.25, -0.2) is 8.42 Å². The van der Waals surface area contributed by atoms with Crippen LogP contribution in [0.15, 0.2) is 18.2 Å². The minimum absolute atomic E-state index is 0.172. The molecule has 1 aromatic rings. The average Bonchev–Trinajstić information content (AvgIpc) is 2.94. The highest BCUT2D eigenvalue weighted by atomic mass is 32.2. The van der Waals surface area contributed by atoms with E-state index in [4.69, 9.17) is 0 Å². The van der Waals surface area contributed by atoms with Crippen molar-refractivity contribution >= 4 is 15.5 Å². The molecule has 1 N–H and O–H groups in total. The first-order chi connectivity index (χ1) is 9.03. The number of sulfone groups is 1. The van der Waals surface area contributed by atoms with E-state index in [2.05, 4.69) is 28.4 Å². The van der Waals surface area contributed by atoms with Gasteiger partial charge in [0.2, 0.25) is 0 Å². The lowest BCUT2D eigenvalue weighted by molar-refractivity contribution is 0.254. The molecule has 4 nitrogen and oxygen atoms in total. The van der Waals surface area contributed by atoms with Crippen molar-refractivity contribution in [3.63, 3.8) is 0 Å². The van der Waals surface area contributed by atoms with Crippen molar-refractivity contribution in [1.82, 2.24) is 4.90 Å². The van der Waals surface area contributed by atoms with Gasteiger partial charge in [0.1, 0.15) is 0 Å². The van der Waals surface area contributed by atoms with Gasteiger partial charge in [-0.1, -0.05) is 12.1 Å². The first kappa shape index (κ1) is 12.9. The molecule has 1 aromatic carbocycles. The Morgan fingerprint density at radius 3 is 3.00 bits per heavy atom. The van der Waals surface area contributed by atoms with Gasteiger partial charge >= 0.3 is 0 Å². The summed E-state index contributed by atoms with van der Waals surface area (Å²) in [7, 11) is -0.776. The predicted molar refractivity (Wildman–Crippen MR) is 77.2 cm³/mol. The van der Waals surface area contributed by atoms with Crippen LogP contribution in [0, 0.1) is 0 Å². The molecule has 19 heavy (non-hydrogen) atoms. The quantitative estimate of drug-likeness (QED) is 0.906. The maximum absolute atomic E-state index is 11.5. The second-order valence-electron chi connectivity index (χ2n) is 5.64. The number of hydrogen-bond acceptors (Lipinski definition) is 4. The molecule has 0 bridgehead atoms. The van der Waals surface area contributed by atoms with E-state index < -0.39 is 9.84 Å². The van der Waals surface area contributed by atoms with Gasteiger partial charge in [0.25, 0.3) is 0 Å². The molecule has 1 unspecified atom stereocenters. The van der Waals surface area contributed by atoms with Gasteiger partial charge in [0, 0.05) is 24.8 Å². The van der Waals surface area contributed by atoms with E-state index in [9.17, 15) is 8.42 Å². The molecule has 0 aliphatic carbocycles. The van der Waals surface area contributed by atoms with Crippen molar-refractivity contribution in [1.29, 1.82) is 0 Å². The van der Waals surface area contributed by atoms with Crippen molar-refractivity contribution in [3.8, 4) is 0 Å². The summed E-state index contributed by atoms with van der Waals surface area (Å²) in [5.41, 5.74) is 3.87. The summed E-state index contributed by atoms with van der Waals surface area (Å²) in [6.07, 6.45) is 1.87. The Morgan fingerprint density at radius 2 is 2.26 bits per heavy atom. The van der Waals surface area contributed by atoms with Crippen LogP contribution < -0.4 is 5.32 Å². The second-order valence-corrected chi connectivity index (χ2v) is 7.87. The Hall–Kier alpha value is -1.07. The smallest absolute Gasteiger partial charge is 0.151 e. The van der Waals surface area contributed by atoms with Crippen LogP contribution in [0.25, 0.3) is 0 Å². The molecule has 2 heterocycles. The summed E-state index contributed by atoms with van der Waals surface area (Å²) in [6, 6.07) is 6.71. The first-order valence-electron chi connectivity index (χ1n) is 6.80. The molecule has 0 spiro atoms. The Labute approximate surface area is 114 Å². The number of nitrogens with zero attached hydrogens (tertiary/aromatic N) is 1. The van der Waals surface area contributed by atoms with E-state index in [1.807, 2.05) is 7.05 Å². The van der Waals surface area contributed by atoms with Crippen LogP contribution in [0.5, 0.6) is 0 Å². The summed E-state index contributed by atoms with van der Waals surface area (Å²) in [5, 5.41) is 3.38. The minimum Gasteiger partial charge on any atom is -0.384 e. The van der Waals surface area contributed by atoms with E-state index in [0.29, 0.717) is 11.5 Å². The largest absolute Gasteiger partial charge is 0.384 e. The molecule has 0 radical (unpaired) electrons. The third-order valence-corrected chi connectivity index (χ3v) is 5.90. The van der Waals surface area contributed by atoms with Gasteiger partial charge in [-0.3, -0.25) is 4.90 Å². The Bertz CT molecular complexity index is 583. The Morgan fingerprint density at radius 1 is 1.42 bits per heavy atom. The molecule has 1 atom stereocenters. The van der Waals surface area contributed by atoms with E-state index in [1.54, 1.807) is 0 Å². The lowest BCUT2D eigenvalue weighted by atomic mass is 10.1. The SMILES string of the molecule is CN(Cc1ccc2c(c1)NCC2)C1CCS(=O)(=O)C1. The predicted octanol–water partition coefficient (Wildman–Crippen LogP) is 1.27. The van der Waals surface area contributed by atoms with Gasteiger partial charge in [-0.15, -0.1) is 0 Å². The first-order valence-corrected chi connectivity index (χ1v) is 8.62. The van der Waals surface area contributed by atoms with Gasteiger partial charge in [0.15, 0.2) is 9.84 Å². The monoisotopic (exact) mass is 280 g/mol. The number of hydrogen-bond donors (Lipinski definition) is 1. The molecule has 0 aromatic heterocycles.